The van der Waals surface area contributed by atoms with Crippen LogP contribution in [-0.2, 0) is 28.5 Å². The number of allylic oxidation sites excluding steroid dienone is 2. The summed E-state index contributed by atoms with van der Waals surface area (Å²) in [5, 5.41) is 6.01. The predicted molar refractivity (Wildman–Crippen MR) is 135 cm³/mol. The van der Waals surface area contributed by atoms with E-state index in [-0.39, 0.29) is 60.4 Å². The van der Waals surface area contributed by atoms with E-state index >= 15 is 0 Å². The minimum absolute atomic E-state index is 0.0631. The third kappa shape index (κ3) is 8.64. The van der Waals surface area contributed by atoms with Crippen LogP contribution < -0.4 is 5.32 Å². The van der Waals surface area contributed by atoms with Gasteiger partial charge in [0.2, 0.25) is 5.91 Å². The molecule has 1 N–H and O–H groups in total. The maximum Gasteiger partial charge on any atom is 0.303 e. The molecule has 0 radical (unpaired) electrons. The number of ether oxygens (including phenoxy) is 4. The van der Waals surface area contributed by atoms with Crippen LogP contribution in [0.5, 0.6) is 0 Å². The first-order valence-corrected chi connectivity index (χ1v) is 12.8. The average molecular weight is 505 g/mol. The van der Waals surface area contributed by atoms with Crippen LogP contribution >= 0.6 is 0 Å². The summed E-state index contributed by atoms with van der Waals surface area (Å²) in [4.78, 5) is 34.0. The van der Waals surface area contributed by atoms with Crippen molar-refractivity contribution in [1.29, 1.82) is 0 Å². The molecule has 8 atom stereocenters. The lowest BCUT2D eigenvalue weighted by Crippen LogP contribution is -2.50. The Bertz CT molecular complexity index is 879. The van der Waals surface area contributed by atoms with Crippen LogP contribution in [0.2, 0.25) is 0 Å². The molecule has 0 aromatic heterocycles. The van der Waals surface area contributed by atoms with E-state index in [1.807, 2.05) is 13.0 Å². The Morgan fingerprint density at radius 3 is 2.61 bits per heavy atom. The van der Waals surface area contributed by atoms with Crippen molar-refractivity contribution in [2.75, 3.05) is 13.2 Å². The highest BCUT2D eigenvalue weighted by atomic mass is 16.6. The summed E-state index contributed by atoms with van der Waals surface area (Å²) in [6, 6.07) is -0.0865. The van der Waals surface area contributed by atoms with E-state index in [1.165, 1.54) is 13.0 Å². The van der Waals surface area contributed by atoms with Gasteiger partial charge in [0.05, 0.1) is 42.7 Å². The molecular weight excluding hydrogens is 464 g/mol. The highest BCUT2D eigenvalue weighted by molar-refractivity contribution is 5.87. The fourth-order valence-corrected chi connectivity index (χ4v) is 4.95. The van der Waals surface area contributed by atoms with E-state index in [4.69, 9.17) is 18.9 Å². The van der Waals surface area contributed by atoms with Gasteiger partial charge in [-0.1, -0.05) is 35.9 Å². The molecule has 1 amide bonds. The molecule has 3 heterocycles. The van der Waals surface area contributed by atoms with Gasteiger partial charge in [0.15, 0.2) is 0 Å². The lowest BCUT2D eigenvalue weighted by molar-refractivity contribution is -0.143. The summed E-state index contributed by atoms with van der Waals surface area (Å²) in [7, 11) is 0. The second-order valence-corrected chi connectivity index (χ2v) is 10.4. The molecule has 0 bridgehead atoms. The molecule has 0 aromatic carbocycles. The molecule has 3 rings (SSSR count). The zero-order valence-electron chi connectivity index (χ0n) is 22.0. The van der Waals surface area contributed by atoms with Gasteiger partial charge in [-0.3, -0.25) is 9.59 Å². The largest absolute Gasteiger partial charge is 0.459 e. The summed E-state index contributed by atoms with van der Waals surface area (Å²) in [5.41, 5.74) is 0.982. The zero-order valence-corrected chi connectivity index (χ0v) is 22.0. The quantitative estimate of drug-likeness (QED) is 0.158. The monoisotopic (exact) mass is 504 g/mol. The van der Waals surface area contributed by atoms with Crippen LogP contribution in [0.15, 0.2) is 41.1 Å². The molecule has 3 aliphatic rings. The number of carbonyl (C=O) groups excluding carboxylic acids is 2. The van der Waals surface area contributed by atoms with Crippen molar-refractivity contribution in [2.24, 2.45) is 11.1 Å². The number of nitrogens with zero attached hydrogens (tertiary/aromatic N) is 1. The SMILES string of the molecule is CC(=O)OC(C)/C=C\C(=O)NC1CC(C)C(C/C=C(C)/C=C/C2CC3(CO3)C[C@@H](CN=O)O2)OC1C. The smallest absolute Gasteiger partial charge is 0.303 e. The molecule has 0 saturated carbocycles. The molecule has 3 fully saturated rings. The topological polar surface area (TPSA) is 116 Å². The molecule has 0 aromatic rings. The molecular formula is C27H40N2O7. The van der Waals surface area contributed by atoms with Gasteiger partial charge in [0.25, 0.3) is 0 Å². The number of hydrogen-bond donors (Lipinski definition) is 1. The van der Waals surface area contributed by atoms with Gasteiger partial charge < -0.3 is 24.3 Å². The third-order valence-corrected chi connectivity index (χ3v) is 7.03. The van der Waals surface area contributed by atoms with Crippen LogP contribution in [-0.4, -0.2) is 67.2 Å². The van der Waals surface area contributed by atoms with Crippen LogP contribution in [0.25, 0.3) is 0 Å². The van der Waals surface area contributed by atoms with E-state index in [1.54, 1.807) is 13.0 Å². The first kappa shape index (κ1) is 28.2. The number of rotatable bonds is 10. The van der Waals surface area contributed by atoms with Crippen molar-refractivity contribution < 1.29 is 28.5 Å². The molecule has 0 aliphatic carbocycles. The second-order valence-electron chi connectivity index (χ2n) is 10.4. The predicted octanol–water partition coefficient (Wildman–Crippen LogP) is 3.77. The third-order valence-electron chi connectivity index (χ3n) is 7.03. The molecule has 1 spiro atoms. The van der Waals surface area contributed by atoms with Crippen LogP contribution in [0.3, 0.4) is 0 Å². The number of carbonyl (C=O) groups is 2. The Kier molecular flexibility index (Phi) is 9.99. The summed E-state index contributed by atoms with van der Waals surface area (Å²) >= 11 is 0. The van der Waals surface area contributed by atoms with Gasteiger partial charge >= 0.3 is 5.97 Å². The molecule has 200 valence electrons. The summed E-state index contributed by atoms with van der Waals surface area (Å²) in [6.45, 7) is 10.1. The Labute approximate surface area is 213 Å². The van der Waals surface area contributed by atoms with E-state index in [0.717, 1.165) is 37.9 Å². The van der Waals surface area contributed by atoms with Crippen LogP contribution in [0.1, 0.15) is 60.3 Å². The molecule has 9 nitrogen and oxygen atoms in total. The summed E-state index contributed by atoms with van der Waals surface area (Å²) in [5.74, 6) is -0.338. The molecule has 7 unspecified atom stereocenters. The van der Waals surface area contributed by atoms with Crippen LogP contribution in [0, 0.1) is 10.8 Å². The Morgan fingerprint density at radius 2 is 1.94 bits per heavy atom. The number of esters is 1. The fraction of sp³-hybridized carbons (Fsp3) is 0.704. The molecule has 9 heteroatoms. The van der Waals surface area contributed by atoms with Gasteiger partial charge in [-0.05, 0) is 45.6 Å². The van der Waals surface area contributed by atoms with E-state index < -0.39 is 6.10 Å². The minimum atomic E-state index is -0.455. The van der Waals surface area contributed by atoms with Crippen molar-refractivity contribution in [2.45, 2.75) is 102 Å². The van der Waals surface area contributed by atoms with Crippen molar-refractivity contribution in [3.63, 3.8) is 0 Å². The maximum atomic E-state index is 12.3. The van der Waals surface area contributed by atoms with Gasteiger partial charge in [-0.15, -0.1) is 0 Å². The number of hydrogen-bond acceptors (Lipinski definition) is 8. The average Bonchev–Trinajstić information content (AvgIpc) is 3.54. The van der Waals surface area contributed by atoms with Gasteiger partial charge in [-0.2, -0.15) is 4.91 Å². The van der Waals surface area contributed by atoms with E-state index in [2.05, 4.69) is 36.5 Å². The van der Waals surface area contributed by atoms with Crippen molar-refractivity contribution in [3.05, 3.63) is 40.9 Å². The van der Waals surface area contributed by atoms with Crippen molar-refractivity contribution in [1.82, 2.24) is 5.32 Å². The lowest BCUT2D eigenvalue weighted by Gasteiger charge is -2.39. The normalized spacial score (nSPS) is 35.6. The lowest BCUT2D eigenvalue weighted by atomic mass is 9.88. The fourth-order valence-electron chi connectivity index (χ4n) is 4.95. The summed E-state index contributed by atoms with van der Waals surface area (Å²) in [6.07, 6.45) is 11.6. The first-order valence-electron chi connectivity index (χ1n) is 12.8. The molecule has 3 saturated heterocycles. The number of nitrogens with one attached hydrogen (secondary N) is 1. The highest BCUT2D eigenvalue weighted by Crippen LogP contribution is 2.42. The summed E-state index contributed by atoms with van der Waals surface area (Å²) < 4.78 is 22.9. The Morgan fingerprint density at radius 1 is 1.19 bits per heavy atom. The Hall–Kier alpha value is -2.36. The standard InChI is InChI=1S/C27H40N2O7/c1-17(6-9-22-13-27(16-33-27)14-23(36-22)15-28-32)7-10-25-18(2)12-24(20(4)35-25)29-26(31)11-8-19(3)34-21(5)30/h6-9,11,18-20,22-25H,10,12-16H2,1-5H3,(H,29,31)/b9-6+,11-8-,17-7+/t18?,19?,20?,22?,23-,24?,25?,27?/m0/s1. The highest BCUT2D eigenvalue weighted by Gasteiger charge is 2.51. The molecule has 36 heavy (non-hydrogen) atoms. The number of amides is 1. The first-order chi connectivity index (χ1) is 17.1. The zero-order chi connectivity index (χ0) is 26.3. The van der Waals surface area contributed by atoms with Crippen LogP contribution in [0.4, 0.5) is 0 Å². The Balaban J connectivity index is 1.46. The number of nitroso groups, excluding NO2 is 1. The minimum Gasteiger partial charge on any atom is -0.459 e. The van der Waals surface area contributed by atoms with E-state index in [0.29, 0.717) is 0 Å². The van der Waals surface area contributed by atoms with E-state index in [9.17, 15) is 14.5 Å². The van der Waals surface area contributed by atoms with Gasteiger partial charge in [0, 0.05) is 25.8 Å². The van der Waals surface area contributed by atoms with Crippen molar-refractivity contribution in [3.8, 4) is 0 Å². The maximum absolute atomic E-state index is 12.3. The number of epoxide rings is 1. The van der Waals surface area contributed by atoms with Gasteiger partial charge in [0.1, 0.15) is 12.6 Å². The second kappa shape index (κ2) is 12.7. The molecule has 3 aliphatic heterocycles. The van der Waals surface area contributed by atoms with Crippen molar-refractivity contribution >= 4 is 11.9 Å². The van der Waals surface area contributed by atoms with Gasteiger partial charge in [-0.25, -0.2) is 0 Å².